The molecule has 0 aliphatic heterocycles. The molecule has 1 atom stereocenters. The van der Waals surface area contributed by atoms with Gasteiger partial charge in [0, 0.05) is 0 Å². The average molecular weight is 248 g/mol. The minimum atomic E-state index is -0.170. The number of ether oxygens (including phenoxy) is 1. The van der Waals surface area contributed by atoms with Crippen LogP contribution in [-0.4, -0.2) is 5.97 Å². The second kappa shape index (κ2) is 6.58. The molecule has 1 rings (SSSR count). The first-order valence-electron chi connectivity index (χ1n) is 6.81. The summed E-state index contributed by atoms with van der Waals surface area (Å²) in [6.45, 7) is 9.96. The van der Waals surface area contributed by atoms with Crippen LogP contribution in [0.25, 0.3) is 0 Å². The van der Waals surface area contributed by atoms with Gasteiger partial charge in [-0.15, -0.1) is 0 Å². The highest BCUT2D eigenvalue weighted by atomic mass is 16.5. The van der Waals surface area contributed by atoms with Crippen LogP contribution in [0.1, 0.15) is 57.4 Å². The molecule has 2 nitrogen and oxygen atoms in total. The van der Waals surface area contributed by atoms with Gasteiger partial charge in [-0.25, -0.2) is 0 Å². The van der Waals surface area contributed by atoms with Crippen LogP contribution in [0.3, 0.4) is 0 Å². The third-order valence-corrected chi connectivity index (χ3v) is 3.23. The van der Waals surface area contributed by atoms with Crippen LogP contribution in [0.5, 0.6) is 0 Å². The van der Waals surface area contributed by atoms with Gasteiger partial charge in [0.25, 0.3) is 0 Å². The summed E-state index contributed by atoms with van der Waals surface area (Å²) in [5.41, 5.74) is 3.81. The molecule has 0 heterocycles. The zero-order chi connectivity index (χ0) is 13.7. The number of esters is 1. The van der Waals surface area contributed by atoms with Gasteiger partial charge in [-0.05, 0) is 36.5 Å². The second-order valence-electron chi connectivity index (χ2n) is 4.97. The highest BCUT2D eigenvalue weighted by Gasteiger charge is 2.15. The SMILES string of the molecule is CCc1ccc(C(C)OC(=O)C(C)C)cc1CC. The van der Waals surface area contributed by atoms with E-state index in [1.165, 1.54) is 11.1 Å². The van der Waals surface area contributed by atoms with E-state index in [0.29, 0.717) is 0 Å². The average Bonchev–Trinajstić information content (AvgIpc) is 2.37. The monoisotopic (exact) mass is 248 g/mol. The molecule has 1 aromatic rings. The van der Waals surface area contributed by atoms with Crippen molar-refractivity contribution >= 4 is 5.97 Å². The van der Waals surface area contributed by atoms with Gasteiger partial charge >= 0.3 is 5.97 Å². The van der Waals surface area contributed by atoms with E-state index in [4.69, 9.17) is 4.74 Å². The van der Waals surface area contributed by atoms with Gasteiger partial charge in [0.15, 0.2) is 0 Å². The van der Waals surface area contributed by atoms with Gasteiger partial charge < -0.3 is 4.74 Å². The molecule has 0 radical (unpaired) electrons. The molecule has 2 heteroatoms. The van der Waals surface area contributed by atoms with Crippen molar-refractivity contribution in [2.75, 3.05) is 0 Å². The highest BCUT2D eigenvalue weighted by molar-refractivity contribution is 5.71. The maximum absolute atomic E-state index is 11.6. The lowest BCUT2D eigenvalue weighted by Gasteiger charge is -2.17. The molecule has 0 spiro atoms. The fourth-order valence-electron chi connectivity index (χ4n) is 1.95. The highest BCUT2D eigenvalue weighted by Crippen LogP contribution is 2.22. The van der Waals surface area contributed by atoms with Crippen molar-refractivity contribution in [2.24, 2.45) is 5.92 Å². The van der Waals surface area contributed by atoms with Crippen molar-refractivity contribution in [3.63, 3.8) is 0 Å². The van der Waals surface area contributed by atoms with E-state index in [2.05, 4.69) is 32.0 Å². The Morgan fingerprint density at radius 2 is 1.72 bits per heavy atom. The first-order chi connectivity index (χ1) is 8.49. The number of carbonyl (C=O) groups excluding carboxylic acids is 1. The summed E-state index contributed by atoms with van der Waals surface area (Å²) in [6.07, 6.45) is 1.89. The predicted octanol–water partition coefficient (Wildman–Crippen LogP) is 4.07. The standard InChI is InChI=1S/C16H24O2/c1-6-13-8-9-15(10-14(13)7-2)12(5)18-16(17)11(3)4/h8-12H,6-7H2,1-5H3. The molecule has 0 aliphatic carbocycles. The second-order valence-corrected chi connectivity index (χ2v) is 4.97. The summed E-state index contributed by atoms with van der Waals surface area (Å²) < 4.78 is 5.43. The Labute approximate surface area is 110 Å². The van der Waals surface area contributed by atoms with Gasteiger partial charge in [0.2, 0.25) is 0 Å². The third-order valence-electron chi connectivity index (χ3n) is 3.23. The zero-order valence-corrected chi connectivity index (χ0v) is 12.1. The van der Waals surface area contributed by atoms with Crippen LogP contribution < -0.4 is 0 Å². The summed E-state index contributed by atoms with van der Waals surface area (Å²) in [4.78, 5) is 11.6. The molecule has 1 aromatic carbocycles. The summed E-state index contributed by atoms with van der Waals surface area (Å²) in [6, 6.07) is 6.38. The van der Waals surface area contributed by atoms with Gasteiger partial charge in [-0.2, -0.15) is 0 Å². The molecule has 0 amide bonds. The van der Waals surface area contributed by atoms with Crippen LogP contribution in [-0.2, 0) is 22.4 Å². The van der Waals surface area contributed by atoms with Crippen LogP contribution >= 0.6 is 0 Å². The molecule has 1 unspecified atom stereocenters. The van der Waals surface area contributed by atoms with E-state index < -0.39 is 0 Å². The lowest BCUT2D eigenvalue weighted by Crippen LogP contribution is -2.14. The van der Waals surface area contributed by atoms with E-state index in [1.54, 1.807) is 0 Å². The van der Waals surface area contributed by atoms with Gasteiger partial charge in [0.05, 0.1) is 5.92 Å². The molecular weight excluding hydrogens is 224 g/mol. The smallest absolute Gasteiger partial charge is 0.308 e. The summed E-state index contributed by atoms with van der Waals surface area (Å²) >= 11 is 0. The fraction of sp³-hybridized carbons (Fsp3) is 0.562. The molecule has 18 heavy (non-hydrogen) atoms. The van der Waals surface area contributed by atoms with Crippen molar-refractivity contribution in [3.05, 3.63) is 34.9 Å². The Hall–Kier alpha value is -1.31. The maximum atomic E-state index is 11.6. The number of hydrogen-bond donors (Lipinski definition) is 0. The third kappa shape index (κ3) is 3.59. The number of carbonyl (C=O) groups is 1. The molecule has 0 aromatic heterocycles. The molecule has 0 N–H and O–H groups in total. The van der Waals surface area contributed by atoms with E-state index in [0.717, 1.165) is 18.4 Å². The topological polar surface area (TPSA) is 26.3 Å². The Balaban J connectivity index is 2.86. The van der Waals surface area contributed by atoms with Crippen molar-refractivity contribution < 1.29 is 9.53 Å². The van der Waals surface area contributed by atoms with Crippen LogP contribution in [0.4, 0.5) is 0 Å². The number of aryl methyl sites for hydroxylation is 2. The van der Waals surface area contributed by atoms with Crippen LogP contribution in [0, 0.1) is 5.92 Å². The van der Waals surface area contributed by atoms with Crippen molar-refractivity contribution in [1.82, 2.24) is 0 Å². The minimum absolute atomic E-state index is 0.0759. The fourth-order valence-corrected chi connectivity index (χ4v) is 1.95. The quantitative estimate of drug-likeness (QED) is 0.734. The first kappa shape index (κ1) is 14.7. The van der Waals surface area contributed by atoms with Crippen LogP contribution in [0.15, 0.2) is 18.2 Å². The van der Waals surface area contributed by atoms with Crippen molar-refractivity contribution in [2.45, 2.75) is 53.6 Å². The van der Waals surface area contributed by atoms with E-state index in [9.17, 15) is 4.79 Å². The number of rotatable bonds is 5. The normalized spacial score (nSPS) is 12.6. The number of hydrogen-bond acceptors (Lipinski definition) is 2. The minimum Gasteiger partial charge on any atom is -0.458 e. The molecule has 100 valence electrons. The van der Waals surface area contributed by atoms with E-state index >= 15 is 0 Å². The van der Waals surface area contributed by atoms with Gasteiger partial charge in [-0.3, -0.25) is 4.79 Å². The van der Waals surface area contributed by atoms with Gasteiger partial charge in [-0.1, -0.05) is 45.9 Å². The molecule has 0 aliphatic rings. The van der Waals surface area contributed by atoms with Gasteiger partial charge in [0.1, 0.15) is 6.10 Å². The molecule has 0 saturated heterocycles. The summed E-state index contributed by atoms with van der Waals surface area (Å²) in [5, 5.41) is 0. The Kier molecular flexibility index (Phi) is 5.39. The molecule has 0 fully saturated rings. The van der Waals surface area contributed by atoms with Crippen molar-refractivity contribution in [1.29, 1.82) is 0 Å². The number of benzene rings is 1. The summed E-state index contributed by atoms with van der Waals surface area (Å²) in [5.74, 6) is -0.215. The van der Waals surface area contributed by atoms with Crippen molar-refractivity contribution in [3.8, 4) is 0 Å². The predicted molar refractivity (Wildman–Crippen MR) is 74.5 cm³/mol. The zero-order valence-electron chi connectivity index (χ0n) is 12.1. The van der Waals surface area contributed by atoms with E-state index in [-0.39, 0.29) is 18.0 Å². The first-order valence-corrected chi connectivity index (χ1v) is 6.81. The Bertz CT molecular complexity index is 408. The Morgan fingerprint density at radius 3 is 2.22 bits per heavy atom. The lowest BCUT2D eigenvalue weighted by molar-refractivity contribution is -0.152. The van der Waals surface area contributed by atoms with Crippen LogP contribution in [0.2, 0.25) is 0 Å². The molecule has 0 saturated carbocycles. The molecule has 0 bridgehead atoms. The molecular formula is C16H24O2. The van der Waals surface area contributed by atoms with E-state index in [1.807, 2.05) is 20.8 Å². The maximum Gasteiger partial charge on any atom is 0.308 e. The Morgan fingerprint density at radius 1 is 1.11 bits per heavy atom. The largest absolute Gasteiger partial charge is 0.458 e. The summed E-state index contributed by atoms with van der Waals surface area (Å²) in [7, 11) is 0. The lowest BCUT2D eigenvalue weighted by atomic mass is 9.98.